The first-order valence-corrected chi connectivity index (χ1v) is 10.2. The van der Waals surface area contributed by atoms with Gasteiger partial charge in [-0.15, -0.1) is 11.3 Å². The molecule has 0 saturated carbocycles. The number of esters is 1. The van der Waals surface area contributed by atoms with Crippen LogP contribution in [0.25, 0.3) is 10.2 Å². The maximum atomic E-state index is 12.4. The number of nitrogens with one attached hydrogen (secondary N) is 1. The summed E-state index contributed by atoms with van der Waals surface area (Å²) in [7, 11) is 0. The molecule has 0 spiro atoms. The molecule has 0 aliphatic rings. The van der Waals surface area contributed by atoms with Crippen molar-refractivity contribution in [2.45, 2.75) is 31.9 Å². The maximum Gasteiger partial charge on any atom is 0.317 e. The second-order valence-corrected chi connectivity index (χ2v) is 7.85. The molecule has 0 saturated heterocycles. The van der Waals surface area contributed by atoms with Crippen LogP contribution >= 0.6 is 23.1 Å². The summed E-state index contributed by atoms with van der Waals surface area (Å²) >= 11 is 2.79. The molecule has 3 aromatic rings. The summed E-state index contributed by atoms with van der Waals surface area (Å²) in [5.41, 5.74) is 2.67. The Kier molecular flexibility index (Phi) is 6.08. The lowest BCUT2D eigenvalue weighted by Gasteiger charge is -2.16. The fraction of sp³-hybridized carbons (Fsp3) is 0.263. The number of carbonyl (C=O) groups is 2. The van der Waals surface area contributed by atoms with Gasteiger partial charge in [0.2, 0.25) is 0 Å². The van der Waals surface area contributed by atoms with Gasteiger partial charge in [-0.25, -0.2) is 9.97 Å². The number of aryl methyl sites for hydroxylation is 2. The first-order chi connectivity index (χ1) is 13.0. The van der Waals surface area contributed by atoms with E-state index in [0.29, 0.717) is 0 Å². The van der Waals surface area contributed by atoms with Gasteiger partial charge in [0.15, 0.2) is 6.10 Å². The molecule has 1 N–H and O–H groups in total. The van der Waals surface area contributed by atoms with Crippen molar-refractivity contribution in [3.8, 4) is 0 Å². The Balaban J connectivity index is 1.55. The van der Waals surface area contributed by atoms with Gasteiger partial charge in [-0.1, -0.05) is 30.0 Å². The van der Waals surface area contributed by atoms with Crippen LogP contribution in [-0.4, -0.2) is 33.7 Å². The Bertz CT molecular complexity index is 967. The van der Waals surface area contributed by atoms with Crippen LogP contribution in [0.2, 0.25) is 0 Å². The zero-order chi connectivity index (χ0) is 19.4. The molecule has 0 bridgehead atoms. The fourth-order valence-electron chi connectivity index (χ4n) is 2.53. The number of rotatable bonds is 6. The Labute approximate surface area is 165 Å². The average Bonchev–Trinajstić information content (AvgIpc) is 3.12. The van der Waals surface area contributed by atoms with Crippen LogP contribution in [0.3, 0.4) is 0 Å². The molecule has 0 fully saturated rings. The second kappa shape index (κ2) is 8.49. The van der Waals surface area contributed by atoms with Crippen molar-refractivity contribution in [2.75, 3.05) is 11.1 Å². The van der Waals surface area contributed by atoms with Gasteiger partial charge in [0.05, 0.1) is 5.75 Å². The smallest absolute Gasteiger partial charge is 0.317 e. The Morgan fingerprint density at radius 3 is 2.70 bits per heavy atom. The van der Waals surface area contributed by atoms with E-state index in [1.165, 1.54) is 29.4 Å². The molecule has 1 aromatic carbocycles. The molecular weight excluding hydrogens is 382 g/mol. The standard InChI is InChI=1S/C19H19N3O3S2/c1-11-5-4-6-12(2)16(11)22-17(24)13(3)25-15(23)9-27-19-14-7-8-26-18(14)20-10-21-19/h4-8,10,13H,9H2,1-3H3,(H,22,24)/t13-/m0/s1. The molecule has 1 amide bonds. The molecule has 0 radical (unpaired) electrons. The van der Waals surface area contributed by atoms with E-state index in [2.05, 4.69) is 15.3 Å². The zero-order valence-corrected chi connectivity index (χ0v) is 16.8. The largest absolute Gasteiger partial charge is 0.452 e. The van der Waals surface area contributed by atoms with E-state index in [1.807, 2.05) is 43.5 Å². The summed E-state index contributed by atoms with van der Waals surface area (Å²) < 4.78 is 5.27. The van der Waals surface area contributed by atoms with Crippen LogP contribution in [0.15, 0.2) is 41.0 Å². The lowest BCUT2D eigenvalue weighted by molar-refractivity contribution is -0.150. The first-order valence-electron chi connectivity index (χ1n) is 8.33. The summed E-state index contributed by atoms with van der Waals surface area (Å²) in [6.45, 7) is 5.40. The van der Waals surface area contributed by atoms with Crippen LogP contribution in [0, 0.1) is 13.8 Å². The van der Waals surface area contributed by atoms with E-state index in [1.54, 1.807) is 6.92 Å². The monoisotopic (exact) mass is 401 g/mol. The Hall–Kier alpha value is -2.45. The van der Waals surface area contributed by atoms with Gasteiger partial charge in [-0.05, 0) is 43.3 Å². The Morgan fingerprint density at radius 1 is 1.22 bits per heavy atom. The third-order valence-electron chi connectivity index (χ3n) is 3.96. The van der Waals surface area contributed by atoms with Crippen molar-refractivity contribution in [1.82, 2.24) is 9.97 Å². The molecule has 3 rings (SSSR count). The van der Waals surface area contributed by atoms with Gasteiger partial charge < -0.3 is 10.1 Å². The van der Waals surface area contributed by atoms with Gasteiger partial charge in [0.1, 0.15) is 16.2 Å². The minimum absolute atomic E-state index is 0.0724. The van der Waals surface area contributed by atoms with Crippen molar-refractivity contribution in [3.63, 3.8) is 0 Å². The van der Waals surface area contributed by atoms with Crippen molar-refractivity contribution >= 4 is 50.9 Å². The predicted octanol–water partition coefficient (Wildman–Crippen LogP) is 3.97. The molecule has 2 aromatic heterocycles. The van der Waals surface area contributed by atoms with Gasteiger partial charge in [-0.2, -0.15) is 0 Å². The molecule has 140 valence electrons. The van der Waals surface area contributed by atoms with Gasteiger partial charge in [0, 0.05) is 11.1 Å². The number of aromatic nitrogens is 2. The van der Waals surface area contributed by atoms with Crippen molar-refractivity contribution in [1.29, 1.82) is 0 Å². The van der Waals surface area contributed by atoms with E-state index < -0.39 is 12.1 Å². The summed E-state index contributed by atoms with van der Waals surface area (Å²) in [6, 6.07) is 7.69. The number of benzene rings is 1. The summed E-state index contributed by atoms with van der Waals surface area (Å²) in [5, 5.41) is 6.41. The van der Waals surface area contributed by atoms with Crippen LogP contribution in [0.5, 0.6) is 0 Å². The summed E-state index contributed by atoms with van der Waals surface area (Å²) in [4.78, 5) is 33.7. The molecule has 0 aliphatic heterocycles. The highest BCUT2D eigenvalue weighted by molar-refractivity contribution is 8.00. The van der Waals surface area contributed by atoms with E-state index >= 15 is 0 Å². The highest BCUT2D eigenvalue weighted by Gasteiger charge is 2.19. The number of ether oxygens (including phenoxy) is 1. The minimum atomic E-state index is -0.885. The molecular formula is C19H19N3O3S2. The van der Waals surface area contributed by atoms with Crippen molar-refractivity contribution in [2.24, 2.45) is 0 Å². The van der Waals surface area contributed by atoms with Gasteiger partial charge in [0.25, 0.3) is 5.91 Å². The number of thiophene rings is 1. The third-order valence-corrected chi connectivity index (χ3v) is 5.76. The van der Waals surface area contributed by atoms with Crippen LogP contribution < -0.4 is 5.32 Å². The van der Waals surface area contributed by atoms with Crippen LogP contribution in [0.4, 0.5) is 5.69 Å². The molecule has 6 nitrogen and oxygen atoms in total. The van der Waals surface area contributed by atoms with E-state index in [0.717, 1.165) is 32.1 Å². The number of carbonyl (C=O) groups excluding carboxylic acids is 2. The first kappa shape index (κ1) is 19.3. The quantitative estimate of drug-likeness (QED) is 0.382. The molecule has 1 atom stereocenters. The normalized spacial score (nSPS) is 12.0. The topological polar surface area (TPSA) is 81.2 Å². The van der Waals surface area contributed by atoms with E-state index in [-0.39, 0.29) is 11.7 Å². The molecule has 8 heteroatoms. The minimum Gasteiger partial charge on any atom is -0.452 e. The lowest BCUT2D eigenvalue weighted by atomic mass is 10.1. The molecule has 2 heterocycles. The second-order valence-electron chi connectivity index (χ2n) is 6.00. The van der Waals surface area contributed by atoms with E-state index in [4.69, 9.17) is 4.74 Å². The van der Waals surface area contributed by atoms with Crippen molar-refractivity contribution < 1.29 is 14.3 Å². The number of hydrogen-bond acceptors (Lipinski definition) is 7. The molecule has 0 aliphatic carbocycles. The number of fused-ring (bicyclic) bond motifs is 1. The average molecular weight is 402 g/mol. The SMILES string of the molecule is Cc1cccc(C)c1NC(=O)[C@H](C)OC(=O)CSc1ncnc2sccc12. The van der Waals surface area contributed by atoms with E-state index in [9.17, 15) is 9.59 Å². The number of para-hydroxylation sites is 1. The van der Waals surface area contributed by atoms with Gasteiger partial charge in [-0.3, -0.25) is 9.59 Å². The maximum absolute atomic E-state index is 12.4. The fourth-order valence-corrected chi connectivity index (χ4v) is 4.09. The third kappa shape index (κ3) is 4.64. The number of thioether (sulfide) groups is 1. The highest BCUT2D eigenvalue weighted by Crippen LogP contribution is 2.27. The zero-order valence-electron chi connectivity index (χ0n) is 15.2. The summed E-state index contributed by atoms with van der Waals surface area (Å²) in [5.74, 6) is -0.748. The number of hydrogen-bond donors (Lipinski definition) is 1. The summed E-state index contributed by atoms with van der Waals surface area (Å²) in [6.07, 6.45) is 0.594. The van der Waals surface area contributed by atoms with Gasteiger partial charge >= 0.3 is 5.97 Å². The van der Waals surface area contributed by atoms with Crippen LogP contribution in [0.1, 0.15) is 18.1 Å². The van der Waals surface area contributed by atoms with Crippen molar-refractivity contribution in [3.05, 3.63) is 47.1 Å². The van der Waals surface area contributed by atoms with Crippen LogP contribution in [-0.2, 0) is 14.3 Å². The molecule has 27 heavy (non-hydrogen) atoms. The predicted molar refractivity (Wildman–Crippen MR) is 108 cm³/mol. The number of amides is 1. The lowest BCUT2D eigenvalue weighted by Crippen LogP contribution is -2.31. The number of anilines is 1. The number of nitrogens with zero attached hydrogens (tertiary/aromatic N) is 2. The molecule has 0 unspecified atom stereocenters. The Morgan fingerprint density at radius 2 is 1.96 bits per heavy atom. The highest BCUT2D eigenvalue weighted by atomic mass is 32.2.